The van der Waals surface area contributed by atoms with Gasteiger partial charge in [-0.2, -0.15) is 0 Å². The van der Waals surface area contributed by atoms with Gasteiger partial charge in [0.15, 0.2) is 5.13 Å². The number of benzene rings is 3. The Kier molecular flexibility index (Phi) is 5.46. The first-order valence-electron chi connectivity index (χ1n) is 8.88. The van der Waals surface area contributed by atoms with Gasteiger partial charge in [-0.15, -0.1) is 0 Å². The highest BCUT2D eigenvalue weighted by atomic mass is 35.5. The van der Waals surface area contributed by atoms with E-state index in [0.717, 1.165) is 15.8 Å². The Bertz CT molecular complexity index is 1350. The first kappa shape index (κ1) is 20.3. The number of carbonyl (C=O) groups is 1. The predicted octanol–water partition coefficient (Wildman–Crippen LogP) is 5.31. The third kappa shape index (κ3) is 4.16. The van der Waals surface area contributed by atoms with Crippen molar-refractivity contribution in [3.8, 4) is 0 Å². The smallest absolute Gasteiger partial charge is 0.261 e. The third-order valence-electron chi connectivity index (χ3n) is 4.40. The molecule has 0 radical (unpaired) electrons. The van der Waals surface area contributed by atoms with Crippen molar-refractivity contribution in [1.29, 1.82) is 0 Å². The van der Waals surface area contributed by atoms with Gasteiger partial charge < -0.3 is 0 Å². The fourth-order valence-electron chi connectivity index (χ4n) is 2.86. The lowest BCUT2D eigenvalue weighted by Gasteiger charge is -2.09. The highest BCUT2D eigenvalue weighted by Gasteiger charge is 2.16. The van der Waals surface area contributed by atoms with Crippen molar-refractivity contribution < 1.29 is 13.2 Å². The second kappa shape index (κ2) is 8.06. The average Bonchev–Trinajstić information content (AvgIpc) is 3.15. The minimum absolute atomic E-state index is 0.142. The Morgan fingerprint density at radius 3 is 2.57 bits per heavy atom. The number of amides is 1. The van der Waals surface area contributed by atoms with Gasteiger partial charge in [-0.25, -0.2) is 13.4 Å². The number of hydrogen-bond donors (Lipinski definition) is 2. The normalized spacial score (nSPS) is 11.4. The molecule has 0 aliphatic carbocycles. The fraction of sp³-hybridized carbons (Fsp3) is 0.0476. The van der Waals surface area contributed by atoms with E-state index >= 15 is 0 Å². The van der Waals surface area contributed by atoms with Crippen LogP contribution in [0.5, 0.6) is 0 Å². The maximum atomic E-state index is 12.7. The minimum Gasteiger partial charge on any atom is -0.298 e. The molecule has 152 valence electrons. The van der Waals surface area contributed by atoms with Gasteiger partial charge in [-0.3, -0.25) is 14.8 Å². The summed E-state index contributed by atoms with van der Waals surface area (Å²) in [5.41, 5.74) is 2.19. The first-order valence-corrected chi connectivity index (χ1v) is 11.6. The monoisotopic (exact) mass is 457 g/mol. The van der Waals surface area contributed by atoms with Crippen LogP contribution in [0, 0.1) is 6.92 Å². The Morgan fingerprint density at radius 2 is 1.80 bits per heavy atom. The molecule has 0 saturated carbocycles. The van der Waals surface area contributed by atoms with E-state index in [2.05, 4.69) is 15.0 Å². The number of sulfonamides is 1. The van der Waals surface area contributed by atoms with Gasteiger partial charge in [0.05, 0.1) is 15.1 Å². The number of hydrogen-bond acceptors (Lipinski definition) is 5. The molecule has 1 heterocycles. The molecule has 0 atom stereocenters. The Balaban J connectivity index is 1.55. The van der Waals surface area contributed by atoms with Gasteiger partial charge in [0.1, 0.15) is 0 Å². The molecule has 4 rings (SSSR count). The maximum absolute atomic E-state index is 12.7. The molecule has 4 aromatic rings. The maximum Gasteiger partial charge on any atom is 0.261 e. The van der Waals surface area contributed by atoms with E-state index < -0.39 is 15.9 Å². The molecule has 0 unspecified atom stereocenters. The Hall–Kier alpha value is -2.94. The van der Waals surface area contributed by atoms with E-state index in [0.29, 0.717) is 21.4 Å². The molecule has 0 spiro atoms. The molecular weight excluding hydrogens is 442 g/mol. The van der Waals surface area contributed by atoms with Crippen molar-refractivity contribution in [2.75, 3.05) is 10.0 Å². The summed E-state index contributed by atoms with van der Waals surface area (Å²) in [5.74, 6) is -0.390. The lowest BCUT2D eigenvalue weighted by Crippen LogP contribution is -2.15. The summed E-state index contributed by atoms with van der Waals surface area (Å²) in [6.07, 6.45) is 0. The van der Waals surface area contributed by atoms with Gasteiger partial charge in [0.2, 0.25) is 0 Å². The standard InChI is InChI=1S/C21H16ClN3O3S2/c1-13-17(22)10-11-18-19(13)23-21(29-18)24-20(26)14-6-5-7-15(12-14)25-30(27,28)16-8-3-2-4-9-16/h2-12,25H,1H3,(H,23,24,26). The second-order valence-electron chi connectivity index (χ2n) is 6.49. The number of rotatable bonds is 5. The van der Waals surface area contributed by atoms with Crippen molar-refractivity contribution in [2.45, 2.75) is 11.8 Å². The van der Waals surface area contributed by atoms with Crippen LogP contribution >= 0.6 is 22.9 Å². The summed E-state index contributed by atoms with van der Waals surface area (Å²) < 4.78 is 28.4. The van der Waals surface area contributed by atoms with Gasteiger partial charge in [0, 0.05) is 16.3 Å². The predicted molar refractivity (Wildman–Crippen MR) is 121 cm³/mol. The van der Waals surface area contributed by atoms with Crippen molar-refractivity contribution >= 4 is 59.9 Å². The number of fused-ring (bicyclic) bond motifs is 1. The zero-order valence-corrected chi connectivity index (χ0v) is 18.1. The van der Waals surface area contributed by atoms with E-state index in [1.807, 2.05) is 13.0 Å². The Labute approximate surface area is 182 Å². The van der Waals surface area contributed by atoms with Crippen molar-refractivity contribution in [3.05, 3.63) is 82.9 Å². The highest BCUT2D eigenvalue weighted by molar-refractivity contribution is 7.92. The van der Waals surface area contributed by atoms with Gasteiger partial charge in [0.25, 0.3) is 15.9 Å². The van der Waals surface area contributed by atoms with Gasteiger partial charge in [-0.05, 0) is 55.0 Å². The summed E-state index contributed by atoms with van der Waals surface area (Å²) in [5, 5.41) is 3.82. The number of aryl methyl sites for hydroxylation is 1. The first-order chi connectivity index (χ1) is 14.3. The van der Waals surface area contributed by atoms with Crippen LogP contribution in [0.3, 0.4) is 0 Å². The summed E-state index contributed by atoms with van der Waals surface area (Å²) in [6, 6.07) is 18.0. The van der Waals surface area contributed by atoms with Crippen LogP contribution in [0.25, 0.3) is 10.2 Å². The number of carbonyl (C=O) groups excluding carboxylic acids is 1. The molecule has 0 aliphatic heterocycles. The van der Waals surface area contributed by atoms with Crippen LogP contribution in [0.4, 0.5) is 10.8 Å². The van der Waals surface area contributed by atoms with Crippen LogP contribution in [0.1, 0.15) is 15.9 Å². The highest BCUT2D eigenvalue weighted by Crippen LogP contribution is 2.32. The third-order valence-corrected chi connectivity index (χ3v) is 7.14. The topological polar surface area (TPSA) is 88.2 Å². The molecule has 9 heteroatoms. The summed E-state index contributed by atoms with van der Waals surface area (Å²) in [7, 11) is -3.75. The quantitative estimate of drug-likeness (QED) is 0.425. The molecule has 0 bridgehead atoms. The molecule has 1 amide bonds. The largest absolute Gasteiger partial charge is 0.298 e. The van der Waals surface area contributed by atoms with Crippen molar-refractivity contribution in [1.82, 2.24) is 4.98 Å². The zero-order valence-electron chi connectivity index (χ0n) is 15.7. The van der Waals surface area contributed by atoms with Gasteiger partial charge >= 0.3 is 0 Å². The van der Waals surface area contributed by atoms with Gasteiger partial charge in [-0.1, -0.05) is 47.2 Å². The molecule has 1 aromatic heterocycles. The molecule has 0 fully saturated rings. The minimum atomic E-state index is -3.75. The average molecular weight is 458 g/mol. The van der Waals surface area contributed by atoms with Crippen molar-refractivity contribution in [2.24, 2.45) is 0 Å². The number of nitrogens with one attached hydrogen (secondary N) is 2. The van der Waals surface area contributed by atoms with E-state index in [9.17, 15) is 13.2 Å². The molecule has 6 nitrogen and oxygen atoms in total. The van der Waals surface area contributed by atoms with Crippen LogP contribution in [-0.2, 0) is 10.0 Å². The fourth-order valence-corrected chi connectivity index (χ4v) is 5.00. The SMILES string of the molecule is Cc1c(Cl)ccc2sc(NC(=O)c3cccc(NS(=O)(=O)c4ccccc4)c3)nc12. The number of halogens is 1. The van der Waals surface area contributed by atoms with E-state index in [1.54, 1.807) is 42.5 Å². The summed E-state index contributed by atoms with van der Waals surface area (Å²) in [4.78, 5) is 17.3. The van der Waals surface area contributed by atoms with Crippen LogP contribution in [0.15, 0.2) is 71.6 Å². The van der Waals surface area contributed by atoms with Crippen LogP contribution in [-0.4, -0.2) is 19.3 Å². The molecule has 0 saturated heterocycles. The summed E-state index contributed by atoms with van der Waals surface area (Å²) >= 11 is 7.48. The molecule has 2 N–H and O–H groups in total. The van der Waals surface area contributed by atoms with E-state index in [1.165, 1.54) is 29.5 Å². The zero-order chi connectivity index (χ0) is 21.3. The Morgan fingerprint density at radius 1 is 1.03 bits per heavy atom. The lowest BCUT2D eigenvalue weighted by atomic mass is 10.2. The number of aromatic nitrogens is 1. The van der Waals surface area contributed by atoms with Crippen LogP contribution < -0.4 is 10.0 Å². The lowest BCUT2D eigenvalue weighted by molar-refractivity contribution is 0.102. The summed E-state index contributed by atoms with van der Waals surface area (Å²) in [6.45, 7) is 1.87. The number of nitrogens with zero attached hydrogens (tertiary/aromatic N) is 1. The molecule has 3 aromatic carbocycles. The van der Waals surface area contributed by atoms with E-state index in [-0.39, 0.29) is 4.90 Å². The van der Waals surface area contributed by atoms with E-state index in [4.69, 9.17) is 11.6 Å². The van der Waals surface area contributed by atoms with Crippen LogP contribution in [0.2, 0.25) is 5.02 Å². The molecule has 0 aliphatic rings. The number of anilines is 2. The second-order valence-corrected chi connectivity index (χ2v) is 9.61. The number of thiazole rings is 1. The molecule has 30 heavy (non-hydrogen) atoms. The van der Waals surface area contributed by atoms with Crippen molar-refractivity contribution in [3.63, 3.8) is 0 Å². The molecular formula is C21H16ClN3O3S2.